The Labute approximate surface area is 210 Å². The van der Waals surface area contributed by atoms with Gasteiger partial charge in [0.05, 0.1) is 21.8 Å². The van der Waals surface area contributed by atoms with Crippen molar-refractivity contribution in [2.45, 2.75) is 6.92 Å². The second kappa shape index (κ2) is 10.5. The zero-order valence-corrected chi connectivity index (χ0v) is 20.9. The molecule has 10 heteroatoms. The first-order valence-corrected chi connectivity index (χ1v) is 12.2. The lowest BCUT2D eigenvalue weighted by Crippen LogP contribution is -2.34. The summed E-state index contributed by atoms with van der Waals surface area (Å²) in [5.41, 5.74) is 1.99. The standard InChI is InChI=1S/C25H23ClFN5O2S/c1-4-32(35(34)31(2)3)18-10-11-19(22(27)14-18)25(33)29-17-9-12-21(26)20(13-17)24-28-15-16-7-5-6-8-23(16)30-24/h5-15H,4H2,1-3H3,(H,29,33). The Balaban J connectivity index is 1.59. The molecule has 0 bridgehead atoms. The fourth-order valence-corrected chi connectivity index (χ4v) is 4.61. The third-order valence-corrected chi connectivity index (χ3v) is 7.03. The summed E-state index contributed by atoms with van der Waals surface area (Å²) in [7, 11) is 3.33. The Hall–Kier alpha value is -3.40. The Kier molecular flexibility index (Phi) is 7.39. The highest BCUT2D eigenvalue weighted by atomic mass is 35.5. The average Bonchev–Trinajstić information content (AvgIpc) is 2.85. The highest BCUT2D eigenvalue weighted by Gasteiger charge is 2.19. The molecule has 4 rings (SSSR count). The van der Waals surface area contributed by atoms with Gasteiger partial charge in [-0.1, -0.05) is 29.8 Å². The van der Waals surface area contributed by atoms with Gasteiger partial charge in [0.1, 0.15) is 5.82 Å². The molecular formula is C25H23ClFN5O2S. The van der Waals surface area contributed by atoms with E-state index in [1.165, 1.54) is 20.7 Å². The van der Waals surface area contributed by atoms with Crippen molar-refractivity contribution in [2.24, 2.45) is 0 Å². The van der Waals surface area contributed by atoms with Crippen LogP contribution < -0.4 is 9.62 Å². The zero-order chi connectivity index (χ0) is 25.1. The average molecular weight is 512 g/mol. The molecule has 0 saturated heterocycles. The molecule has 0 aliphatic carbocycles. The molecule has 0 fully saturated rings. The maximum absolute atomic E-state index is 14.9. The van der Waals surface area contributed by atoms with Crippen LogP contribution in [0.5, 0.6) is 0 Å². The summed E-state index contributed by atoms with van der Waals surface area (Å²) in [6.07, 6.45) is 1.71. The Morgan fingerprint density at radius 2 is 1.89 bits per heavy atom. The molecule has 0 aliphatic rings. The zero-order valence-electron chi connectivity index (χ0n) is 19.3. The molecule has 1 atom stereocenters. The van der Waals surface area contributed by atoms with E-state index >= 15 is 0 Å². The van der Waals surface area contributed by atoms with Crippen LogP contribution in [0.25, 0.3) is 22.3 Å². The summed E-state index contributed by atoms with van der Waals surface area (Å²) >= 11 is 4.91. The molecule has 180 valence electrons. The van der Waals surface area contributed by atoms with Crippen LogP contribution in [0, 0.1) is 5.82 Å². The van der Waals surface area contributed by atoms with Crippen LogP contribution in [-0.4, -0.2) is 45.0 Å². The quantitative estimate of drug-likeness (QED) is 0.365. The van der Waals surface area contributed by atoms with Gasteiger partial charge in [-0.25, -0.2) is 22.9 Å². The lowest BCUT2D eigenvalue weighted by atomic mass is 10.1. The first-order chi connectivity index (χ1) is 16.8. The minimum atomic E-state index is -1.47. The van der Waals surface area contributed by atoms with E-state index in [0.29, 0.717) is 34.3 Å². The van der Waals surface area contributed by atoms with E-state index in [1.807, 2.05) is 31.2 Å². The second-order valence-electron chi connectivity index (χ2n) is 7.80. The number of carbonyl (C=O) groups is 1. The van der Waals surface area contributed by atoms with Gasteiger partial charge in [0.25, 0.3) is 5.91 Å². The number of rotatable bonds is 7. The highest BCUT2D eigenvalue weighted by Crippen LogP contribution is 2.30. The SMILES string of the molecule is CCN(c1ccc(C(=O)Nc2ccc(Cl)c(-c3ncc4ccccc4n3)c2)c(F)c1)S(=O)N(C)C. The van der Waals surface area contributed by atoms with Crippen LogP contribution in [-0.2, 0) is 11.2 Å². The van der Waals surface area contributed by atoms with Crippen molar-refractivity contribution in [3.05, 3.63) is 83.3 Å². The third kappa shape index (κ3) is 5.32. The summed E-state index contributed by atoms with van der Waals surface area (Å²) < 4.78 is 30.4. The topological polar surface area (TPSA) is 78.4 Å². The summed E-state index contributed by atoms with van der Waals surface area (Å²) in [5.74, 6) is -0.936. The van der Waals surface area contributed by atoms with Gasteiger partial charge in [0.2, 0.25) is 0 Å². The molecule has 1 heterocycles. The molecule has 0 saturated carbocycles. The number of para-hydroxylation sites is 1. The van der Waals surface area contributed by atoms with Gasteiger partial charge in [0.15, 0.2) is 17.0 Å². The molecule has 1 unspecified atom stereocenters. The predicted octanol–water partition coefficient (Wildman–Crippen LogP) is 5.31. The van der Waals surface area contributed by atoms with Gasteiger partial charge < -0.3 is 5.32 Å². The molecule has 0 aliphatic heterocycles. The number of nitrogens with one attached hydrogen (secondary N) is 1. The van der Waals surface area contributed by atoms with E-state index in [1.54, 1.807) is 44.6 Å². The maximum atomic E-state index is 14.9. The van der Waals surface area contributed by atoms with Crippen molar-refractivity contribution >= 4 is 51.0 Å². The van der Waals surface area contributed by atoms with E-state index in [-0.39, 0.29) is 5.56 Å². The molecule has 4 aromatic rings. The Bertz CT molecular complexity index is 1430. The molecular weight excluding hydrogens is 489 g/mol. The maximum Gasteiger partial charge on any atom is 0.258 e. The first kappa shape index (κ1) is 24.7. The number of fused-ring (bicyclic) bond motifs is 1. The number of nitrogens with zero attached hydrogens (tertiary/aromatic N) is 4. The van der Waals surface area contributed by atoms with Crippen LogP contribution in [0.2, 0.25) is 5.02 Å². The van der Waals surface area contributed by atoms with Crippen LogP contribution in [0.1, 0.15) is 17.3 Å². The van der Waals surface area contributed by atoms with Gasteiger partial charge in [-0.2, -0.15) is 0 Å². The van der Waals surface area contributed by atoms with Crippen molar-refractivity contribution in [3.8, 4) is 11.4 Å². The number of anilines is 2. The summed E-state index contributed by atoms with van der Waals surface area (Å²) in [4.78, 5) is 21.8. The molecule has 1 amide bonds. The van der Waals surface area contributed by atoms with Gasteiger partial charge in [-0.05, 0) is 49.4 Å². The van der Waals surface area contributed by atoms with Crippen LogP contribution >= 0.6 is 11.6 Å². The molecule has 1 aromatic heterocycles. The first-order valence-electron chi connectivity index (χ1n) is 10.8. The number of benzene rings is 3. The largest absolute Gasteiger partial charge is 0.322 e. The number of carbonyl (C=O) groups excluding carboxylic acids is 1. The Morgan fingerprint density at radius 1 is 1.11 bits per heavy atom. The van der Waals surface area contributed by atoms with Crippen molar-refractivity contribution in [1.82, 2.24) is 14.3 Å². The van der Waals surface area contributed by atoms with E-state index in [9.17, 15) is 13.4 Å². The van der Waals surface area contributed by atoms with E-state index < -0.39 is 22.9 Å². The van der Waals surface area contributed by atoms with Crippen LogP contribution in [0.4, 0.5) is 15.8 Å². The monoisotopic (exact) mass is 511 g/mol. The van der Waals surface area contributed by atoms with Crippen molar-refractivity contribution in [3.63, 3.8) is 0 Å². The van der Waals surface area contributed by atoms with Crippen molar-refractivity contribution in [1.29, 1.82) is 0 Å². The minimum absolute atomic E-state index is 0.140. The molecule has 3 aromatic carbocycles. The minimum Gasteiger partial charge on any atom is -0.322 e. The van der Waals surface area contributed by atoms with Gasteiger partial charge in [0, 0.05) is 43.5 Å². The summed E-state index contributed by atoms with van der Waals surface area (Å²) in [5, 5.41) is 4.02. The van der Waals surface area contributed by atoms with Gasteiger partial charge in [-0.3, -0.25) is 9.10 Å². The lowest BCUT2D eigenvalue weighted by molar-refractivity contribution is 0.102. The van der Waals surface area contributed by atoms with Gasteiger partial charge in [-0.15, -0.1) is 0 Å². The van der Waals surface area contributed by atoms with Crippen LogP contribution in [0.15, 0.2) is 66.9 Å². The number of hydrogen-bond donors (Lipinski definition) is 1. The second-order valence-corrected chi connectivity index (χ2v) is 9.84. The van der Waals surface area contributed by atoms with E-state index in [0.717, 1.165) is 10.9 Å². The van der Waals surface area contributed by atoms with E-state index in [4.69, 9.17) is 11.6 Å². The van der Waals surface area contributed by atoms with E-state index in [2.05, 4.69) is 15.3 Å². The third-order valence-electron chi connectivity index (χ3n) is 5.23. The Morgan fingerprint density at radius 3 is 2.60 bits per heavy atom. The molecule has 7 nitrogen and oxygen atoms in total. The van der Waals surface area contributed by atoms with Crippen LogP contribution in [0.3, 0.4) is 0 Å². The van der Waals surface area contributed by atoms with Crippen molar-refractivity contribution in [2.75, 3.05) is 30.3 Å². The summed E-state index contributed by atoms with van der Waals surface area (Å²) in [6.45, 7) is 2.22. The fourth-order valence-electron chi connectivity index (χ4n) is 3.50. The lowest BCUT2D eigenvalue weighted by Gasteiger charge is -2.25. The highest BCUT2D eigenvalue weighted by molar-refractivity contribution is 7.84. The number of halogens is 2. The van der Waals surface area contributed by atoms with Crippen molar-refractivity contribution < 1.29 is 13.4 Å². The molecule has 0 radical (unpaired) electrons. The smallest absolute Gasteiger partial charge is 0.258 e. The van der Waals surface area contributed by atoms with Gasteiger partial charge >= 0.3 is 0 Å². The molecule has 1 N–H and O–H groups in total. The molecule has 35 heavy (non-hydrogen) atoms. The number of amides is 1. The predicted molar refractivity (Wildman–Crippen MR) is 139 cm³/mol. The fraction of sp³-hybridized carbons (Fsp3) is 0.160. The number of aromatic nitrogens is 2. The summed E-state index contributed by atoms with van der Waals surface area (Å²) in [6, 6.07) is 16.6. The molecule has 0 spiro atoms. The normalized spacial score (nSPS) is 12.1. The number of hydrogen-bond acceptors (Lipinski definition) is 4.